The van der Waals surface area contributed by atoms with Gasteiger partial charge in [0.1, 0.15) is 0 Å². The van der Waals surface area contributed by atoms with Crippen LogP contribution >= 0.6 is 0 Å². The van der Waals surface area contributed by atoms with Crippen molar-refractivity contribution in [1.82, 2.24) is 4.31 Å². The molecule has 2 unspecified atom stereocenters. The van der Waals surface area contributed by atoms with Crippen molar-refractivity contribution >= 4 is 21.6 Å². The number of carbonyl (C=O) groups excluding carboxylic acids is 1. The molecule has 2 aliphatic rings. The Morgan fingerprint density at radius 1 is 0.966 bits per heavy atom. The van der Waals surface area contributed by atoms with Gasteiger partial charge in [-0.05, 0) is 60.9 Å². The van der Waals surface area contributed by atoms with Crippen molar-refractivity contribution in [1.29, 1.82) is 0 Å². The fourth-order valence-electron chi connectivity index (χ4n) is 4.44. The summed E-state index contributed by atoms with van der Waals surface area (Å²) in [5.41, 5.74) is 1.20. The highest BCUT2D eigenvalue weighted by atomic mass is 32.2. The predicted octanol–water partition coefficient (Wildman–Crippen LogP) is 4.02. The summed E-state index contributed by atoms with van der Waals surface area (Å²) >= 11 is 0. The Morgan fingerprint density at radius 3 is 2.10 bits per heavy atom. The van der Waals surface area contributed by atoms with E-state index in [0.29, 0.717) is 30.6 Å². The molecule has 5 nitrogen and oxygen atoms in total. The highest BCUT2D eigenvalue weighted by Crippen LogP contribution is 2.48. The molecule has 0 aromatic heterocycles. The van der Waals surface area contributed by atoms with Crippen molar-refractivity contribution < 1.29 is 13.2 Å². The number of piperidine rings is 1. The minimum Gasteiger partial charge on any atom is -0.325 e. The molecular formula is C23H28N2O3S. The smallest absolute Gasteiger partial charge is 0.243 e. The molecule has 2 fully saturated rings. The highest BCUT2D eigenvalue weighted by molar-refractivity contribution is 7.89. The molecule has 1 aliphatic heterocycles. The van der Waals surface area contributed by atoms with E-state index in [9.17, 15) is 13.2 Å². The zero-order chi connectivity index (χ0) is 20.6. The molecule has 29 heavy (non-hydrogen) atoms. The first kappa shape index (κ1) is 20.1. The van der Waals surface area contributed by atoms with Gasteiger partial charge >= 0.3 is 0 Å². The van der Waals surface area contributed by atoms with E-state index in [1.54, 1.807) is 28.6 Å². The van der Waals surface area contributed by atoms with Crippen LogP contribution in [0.15, 0.2) is 59.5 Å². The highest BCUT2D eigenvalue weighted by Gasteiger charge is 2.51. The fraction of sp³-hybridized carbons (Fsp3) is 0.435. The van der Waals surface area contributed by atoms with Crippen molar-refractivity contribution in [3.05, 3.63) is 60.2 Å². The molecule has 1 saturated heterocycles. The largest absolute Gasteiger partial charge is 0.325 e. The minimum absolute atomic E-state index is 0.0296. The zero-order valence-corrected chi connectivity index (χ0v) is 17.8. The van der Waals surface area contributed by atoms with Crippen LogP contribution in [0.25, 0.3) is 0 Å². The number of nitrogens with one attached hydrogen (secondary N) is 1. The van der Waals surface area contributed by atoms with Gasteiger partial charge in [0.25, 0.3) is 0 Å². The Labute approximate surface area is 173 Å². The summed E-state index contributed by atoms with van der Waals surface area (Å²) in [6.07, 6.45) is 2.72. The Kier molecular flexibility index (Phi) is 5.25. The molecule has 2 atom stereocenters. The van der Waals surface area contributed by atoms with Crippen LogP contribution in [0.4, 0.5) is 5.69 Å². The molecule has 1 aliphatic carbocycles. The van der Waals surface area contributed by atoms with Crippen LogP contribution in [0.2, 0.25) is 0 Å². The van der Waals surface area contributed by atoms with Gasteiger partial charge in [0.15, 0.2) is 0 Å². The van der Waals surface area contributed by atoms with E-state index in [-0.39, 0.29) is 10.8 Å². The number of rotatable bonds is 5. The Hall–Kier alpha value is -2.18. The number of sulfonamides is 1. The molecule has 2 aromatic carbocycles. The molecular weight excluding hydrogens is 384 g/mol. The number of hydrogen-bond donors (Lipinski definition) is 1. The third-order valence-corrected chi connectivity index (χ3v) is 7.94. The van der Waals surface area contributed by atoms with Crippen LogP contribution in [-0.2, 0) is 20.2 Å². The molecule has 154 valence electrons. The monoisotopic (exact) mass is 412 g/mol. The van der Waals surface area contributed by atoms with Crippen molar-refractivity contribution in [2.75, 3.05) is 18.4 Å². The summed E-state index contributed by atoms with van der Waals surface area (Å²) in [4.78, 5) is 13.1. The summed E-state index contributed by atoms with van der Waals surface area (Å²) in [6.45, 7) is 5.31. The van der Waals surface area contributed by atoms with Crippen LogP contribution in [-0.4, -0.2) is 31.7 Å². The standard InChI is InChI=1S/C23H28N2O3S/c1-17-14-18(2)16-25(15-17)29(27,28)21-10-8-20(9-11-21)24-22(26)23(12-13-23)19-6-4-3-5-7-19/h3-11,17-18H,12-16H2,1-2H3,(H,24,26). The Bertz CT molecular complexity index is 973. The molecule has 1 amide bonds. The van der Waals surface area contributed by atoms with Crippen LogP contribution in [0.1, 0.15) is 38.7 Å². The third kappa shape index (κ3) is 3.96. The third-order valence-electron chi connectivity index (χ3n) is 6.10. The van der Waals surface area contributed by atoms with Gasteiger partial charge in [-0.3, -0.25) is 4.79 Å². The van der Waals surface area contributed by atoms with E-state index in [4.69, 9.17) is 0 Å². The first-order valence-corrected chi connectivity index (χ1v) is 11.7. The van der Waals surface area contributed by atoms with Crippen molar-refractivity contribution in [2.45, 2.75) is 43.4 Å². The maximum atomic E-state index is 13.0. The normalized spacial score (nSPS) is 24.1. The SMILES string of the molecule is CC1CC(C)CN(S(=O)(=O)c2ccc(NC(=O)C3(c4ccccc4)CC3)cc2)C1. The van der Waals surface area contributed by atoms with Gasteiger partial charge in [-0.15, -0.1) is 0 Å². The minimum atomic E-state index is -3.51. The van der Waals surface area contributed by atoms with Gasteiger partial charge in [-0.2, -0.15) is 4.31 Å². The van der Waals surface area contributed by atoms with E-state index >= 15 is 0 Å². The van der Waals surface area contributed by atoms with Gasteiger partial charge in [-0.1, -0.05) is 44.2 Å². The van der Waals surface area contributed by atoms with Crippen LogP contribution < -0.4 is 5.32 Å². The van der Waals surface area contributed by atoms with Gasteiger partial charge in [-0.25, -0.2) is 8.42 Å². The average molecular weight is 413 g/mol. The number of nitrogens with zero attached hydrogens (tertiary/aromatic N) is 1. The van der Waals surface area contributed by atoms with E-state index in [0.717, 1.165) is 24.8 Å². The maximum absolute atomic E-state index is 13.0. The lowest BCUT2D eigenvalue weighted by Gasteiger charge is -2.34. The zero-order valence-electron chi connectivity index (χ0n) is 17.0. The molecule has 1 N–H and O–H groups in total. The first-order valence-electron chi connectivity index (χ1n) is 10.3. The lowest BCUT2D eigenvalue weighted by atomic mass is 9.94. The lowest BCUT2D eigenvalue weighted by Crippen LogP contribution is -2.42. The predicted molar refractivity (Wildman–Crippen MR) is 114 cm³/mol. The van der Waals surface area contributed by atoms with Crippen molar-refractivity contribution in [2.24, 2.45) is 11.8 Å². The van der Waals surface area contributed by atoms with Crippen molar-refractivity contribution in [3.8, 4) is 0 Å². The first-order chi connectivity index (χ1) is 13.8. The van der Waals surface area contributed by atoms with Crippen LogP contribution in [0.5, 0.6) is 0 Å². The number of amides is 1. The molecule has 0 spiro atoms. The summed E-state index contributed by atoms with van der Waals surface area (Å²) in [5.74, 6) is 0.692. The molecule has 1 saturated carbocycles. The number of anilines is 1. The van der Waals surface area contributed by atoms with Crippen LogP contribution in [0, 0.1) is 11.8 Å². The second kappa shape index (κ2) is 7.58. The summed E-state index contributed by atoms with van der Waals surface area (Å²) < 4.78 is 27.6. The van der Waals surface area contributed by atoms with Crippen molar-refractivity contribution in [3.63, 3.8) is 0 Å². The van der Waals surface area contributed by atoms with E-state index < -0.39 is 15.4 Å². The fourth-order valence-corrected chi connectivity index (χ4v) is 6.12. The number of hydrogen-bond acceptors (Lipinski definition) is 3. The van der Waals surface area contributed by atoms with Crippen LogP contribution in [0.3, 0.4) is 0 Å². The Morgan fingerprint density at radius 2 is 1.55 bits per heavy atom. The summed E-state index contributed by atoms with van der Waals surface area (Å²) in [5, 5.41) is 2.97. The van der Waals surface area contributed by atoms with Gasteiger partial charge in [0.05, 0.1) is 10.3 Å². The number of benzene rings is 2. The summed E-state index contributed by atoms with van der Waals surface area (Å²) in [6, 6.07) is 16.4. The Balaban J connectivity index is 1.48. The van der Waals surface area contributed by atoms with Gasteiger partial charge in [0, 0.05) is 18.8 Å². The maximum Gasteiger partial charge on any atom is 0.243 e. The van der Waals surface area contributed by atoms with Gasteiger partial charge < -0.3 is 5.32 Å². The molecule has 0 radical (unpaired) electrons. The quantitative estimate of drug-likeness (QED) is 0.806. The molecule has 2 aromatic rings. The second-order valence-corrected chi connectivity index (χ2v) is 10.6. The lowest BCUT2D eigenvalue weighted by molar-refractivity contribution is -0.118. The molecule has 6 heteroatoms. The van der Waals surface area contributed by atoms with Gasteiger partial charge in [0.2, 0.25) is 15.9 Å². The van der Waals surface area contributed by atoms with E-state index in [2.05, 4.69) is 19.2 Å². The molecule has 0 bridgehead atoms. The average Bonchev–Trinajstić information content (AvgIpc) is 3.50. The van der Waals surface area contributed by atoms with E-state index in [1.165, 1.54) is 0 Å². The van der Waals surface area contributed by atoms with E-state index in [1.807, 2.05) is 30.3 Å². The molecule has 1 heterocycles. The summed E-state index contributed by atoms with van der Waals surface area (Å²) in [7, 11) is -3.51. The molecule has 4 rings (SSSR count). The number of carbonyl (C=O) groups is 1. The second-order valence-electron chi connectivity index (χ2n) is 8.69. The topological polar surface area (TPSA) is 66.5 Å².